The summed E-state index contributed by atoms with van der Waals surface area (Å²) in [6.45, 7) is 0.642. The summed E-state index contributed by atoms with van der Waals surface area (Å²) in [7, 11) is 0. The van der Waals surface area contributed by atoms with E-state index in [9.17, 15) is 4.79 Å². The SMILES string of the molecule is O=C(CNc1ccccc1Br)NCc1ccccc1Cl. The van der Waals surface area contributed by atoms with Crippen molar-refractivity contribution in [1.82, 2.24) is 5.32 Å². The zero-order chi connectivity index (χ0) is 14.4. The molecule has 0 atom stereocenters. The van der Waals surface area contributed by atoms with E-state index >= 15 is 0 Å². The van der Waals surface area contributed by atoms with Gasteiger partial charge in [0.25, 0.3) is 0 Å². The summed E-state index contributed by atoms with van der Waals surface area (Å²) in [5.41, 5.74) is 1.80. The zero-order valence-electron chi connectivity index (χ0n) is 10.7. The molecule has 0 fully saturated rings. The van der Waals surface area contributed by atoms with Crippen LogP contribution in [-0.2, 0) is 11.3 Å². The molecule has 0 aliphatic heterocycles. The van der Waals surface area contributed by atoms with Crippen LogP contribution in [0.3, 0.4) is 0 Å². The third kappa shape index (κ3) is 4.25. The summed E-state index contributed by atoms with van der Waals surface area (Å²) in [6, 6.07) is 15.1. The van der Waals surface area contributed by atoms with Gasteiger partial charge in [0.05, 0.1) is 6.54 Å². The monoisotopic (exact) mass is 352 g/mol. The van der Waals surface area contributed by atoms with Gasteiger partial charge in [-0.25, -0.2) is 0 Å². The number of halogens is 2. The molecule has 0 saturated carbocycles. The molecule has 5 heteroatoms. The van der Waals surface area contributed by atoms with E-state index in [0.717, 1.165) is 15.7 Å². The Morgan fingerprint density at radius 3 is 2.55 bits per heavy atom. The molecule has 0 saturated heterocycles. The van der Waals surface area contributed by atoms with Crippen LogP contribution in [0.5, 0.6) is 0 Å². The van der Waals surface area contributed by atoms with Crippen LogP contribution in [0, 0.1) is 0 Å². The summed E-state index contributed by atoms with van der Waals surface area (Å²) in [4.78, 5) is 11.8. The van der Waals surface area contributed by atoms with Crippen LogP contribution < -0.4 is 10.6 Å². The molecule has 0 spiro atoms. The Labute approximate surface area is 131 Å². The molecule has 0 radical (unpaired) electrons. The Morgan fingerprint density at radius 1 is 1.10 bits per heavy atom. The van der Waals surface area contributed by atoms with Crippen molar-refractivity contribution in [2.45, 2.75) is 6.54 Å². The van der Waals surface area contributed by atoms with Gasteiger partial charge in [0, 0.05) is 21.7 Å². The van der Waals surface area contributed by atoms with Crippen LogP contribution in [0.1, 0.15) is 5.56 Å². The summed E-state index contributed by atoms with van der Waals surface area (Å²) >= 11 is 9.45. The first-order valence-electron chi connectivity index (χ1n) is 6.15. The van der Waals surface area contributed by atoms with Crippen LogP contribution in [-0.4, -0.2) is 12.5 Å². The minimum absolute atomic E-state index is 0.0827. The van der Waals surface area contributed by atoms with E-state index in [1.165, 1.54) is 0 Å². The first-order valence-corrected chi connectivity index (χ1v) is 7.32. The van der Waals surface area contributed by atoms with Crippen LogP contribution in [0.15, 0.2) is 53.0 Å². The van der Waals surface area contributed by atoms with Crippen LogP contribution in [0.25, 0.3) is 0 Å². The third-order valence-corrected chi connectivity index (χ3v) is 3.81. The molecule has 0 bridgehead atoms. The lowest BCUT2D eigenvalue weighted by atomic mass is 10.2. The summed E-state index contributed by atoms with van der Waals surface area (Å²) < 4.78 is 0.930. The standard InChI is InChI=1S/C15H14BrClN2O/c16-12-6-2-4-8-14(12)18-10-15(20)19-9-11-5-1-3-7-13(11)17/h1-8,18H,9-10H2,(H,19,20). The molecule has 20 heavy (non-hydrogen) atoms. The molecule has 0 aliphatic rings. The Hall–Kier alpha value is -1.52. The molecule has 104 valence electrons. The number of benzene rings is 2. The number of hydrogen-bond donors (Lipinski definition) is 2. The molecule has 0 aromatic heterocycles. The molecule has 0 unspecified atom stereocenters. The molecule has 2 aromatic rings. The Bertz CT molecular complexity index is 552. The van der Waals surface area contributed by atoms with E-state index in [0.29, 0.717) is 11.6 Å². The van der Waals surface area contributed by atoms with Crippen molar-refractivity contribution in [3.05, 3.63) is 63.6 Å². The second-order valence-corrected chi connectivity index (χ2v) is 5.46. The number of anilines is 1. The quantitative estimate of drug-likeness (QED) is 0.857. The maximum atomic E-state index is 11.8. The number of para-hydroxylation sites is 1. The second-order valence-electron chi connectivity index (χ2n) is 4.20. The van der Waals surface area contributed by atoms with Gasteiger partial charge in [-0.05, 0) is 39.7 Å². The fourth-order valence-electron chi connectivity index (χ4n) is 1.68. The molecule has 2 N–H and O–H groups in total. The number of carbonyl (C=O) groups is 1. The highest BCUT2D eigenvalue weighted by atomic mass is 79.9. The van der Waals surface area contributed by atoms with Gasteiger partial charge in [0.1, 0.15) is 0 Å². The predicted molar refractivity (Wildman–Crippen MR) is 85.9 cm³/mol. The molecular formula is C15H14BrClN2O. The van der Waals surface area contributed by atoms with Crippen molar-refractivity contribution >= 4 is 39.1 Å². The highest BCUT2D eigenvalue weighted by molar-refractivity contribution is 9.10. The van der Waals surface area contributed by atoms with Crippen LogP contribution in [0.2, 0.25) is 5.02 Å². The lowest BCUT2D eigenvalue weighted by Gasteiger charge is -2.09. The fourth-order valence-corrected chi connectivity index (χ4v) is 2.31. The number of amides is 1. The van der Waals surface area contributed by atoms with E-state index < -0.39 is 0 Å². The number of carbonyl (C=O) groups excluding carboxylic acids is 1. The normalized spacial score (nSPS) is 10.1. The second kappa shape index (κ2) is 7.31. The van der Waals surface area contributed by atoms with Crippen molar-refractivity contribution in [3.63, 3.8) is 0 Å². The lowest BCUT2D eigenvalue weighted by molar-refractivity contribution is -0.119. The molecule has 0 aliphatic carbocycles. The largest absolute Gasteiger partial charge is 0.375 e. The van der Waals surface area contributed by atoms with Crippen molar-refractivity contribution < 1.29 is 4.79 Å². The first-order chi connectivity index (χ1) is 9.66. The topological polar surface area (TPSA) is 41.1 Å². The van der Waals surface area contributed by atoms with Gasteiger partial charge >= 0.3 is 0 Å². The van der Waals surface area contributed by atoms with E-state index in [1.54, 1.807) is 0 Å². The van der Waals surface area contributed by atoms with Gasteiger partial charge in [-0.15, -0.1) is 0 Å². The van der Waals surface area contributed by atoms with Gasteiger partial charge in [-0.2, -0.15) is 0 Å². The van der Waals surface area contributed by atoms with Crippen molar-refractivity contribution in [1.29, 1.82) is 0 Å². The maximum Gasteiger partial charge on any atom is 0.239 e. The van der Waals surface area contributed by atoms with E-state index in [1.807, 2.05) is 48.5 Å². The molecule has 2 rings (SSSR count). The maximum absolute atomic E-state index is 11.8. The highest BCUT2D eigenvalue weighted by Gasteiger charge is 2.04. The average molecular weight is 354 g/mol. The van der Waals surface area contributed by atoms with Crippen molar-refractivity contribution in [2.24, 2.45) is 0 Å². The van der Waals surface area contributed by atoms with Gasteiger partial charge in [0.15, 0.2) is 0 Å². The van der Waals surface area contributed by atoms with Crippen molar-refractivity contribution in [2.75, 3.05) is 11.9 Å². The third-order valence-electron chi connectivity index (χ3n) is 2.75. The minimum atomic E-state index is -0.0827. The molecule has 1 amide bonds. The summed E-state index contributed by atoms with van der Waals surface area (Å²) in [5, 5.41) is 6.56. The van der Waals surface area contributed by atoms with Crippen LogP contribution in [0.4, 0.5) is 5.69 Å². The smallest absolute Gasteiger partial charge is 0.239 e. The van der Waals surface area contributed by atoms with Gasteiger partial charge in [-0.1, -0.05) is 41.9 Å². The average Bonchev–Trinajstić information content (AvgIpc) is 2.45. The Kier molecular flexibility index (Phi) is 5.44. The number of nitrogens with one attached hydrogen (secondary N) is 2. The number of hydrogen-bond acceptors (Lipinski definition) is 2. The fraction of sp³-hybridized carbons (Fsp3) is 0.133. The van der Waals surface area contributed by atoms with E-state index in [4.69, 9.17) is 11.6 Å². The number of rotatable bonds is 5. The Morgan fingerprint density at radius 2 is 1.80 bits per heavy atom. The summed E-state index contributed by atoms with van der Waals surface area (Å²) in [6.07, 6.45) is 0. The summed E-state index contributed by atoms with van der Waals surface area (Å²) in [5.74, 6) is -0.0827. The first kappa shape index (κ1) is 14.9. The van der Waals surface area contributed by atoms with Gasteiger partial charge < -0.3 is 10.6 Å². The molecule has 2 aromatic carbocycles. The molecular weight excluding hydrogens is 340 g/mol. The minimum Gasteiger partial charge on any atom is -0.375 e. The molecule has 0 heterocycles. The van der Waals surface area contributed by atoms with E-state index in [2.05, 4.69) is 26.6 Å². The molecule has 3 nitrogen and oxygen atoms in total. The van der Waals surface area contributed by atoms with Gasteiger partial charge in [0.2, 0.25) is 5.91 Å². The van der Waals surface area contributed by atoms with Crippen LogP contribution >= 0.6 is 27.5 Å². The Balaban J connectivity index is 1.82. The highest BCUT2D eigenvalue weighted by Crippen LogP contribution is 2.20. The van der Waals surface area contributed by atoms with Gasteiger partial charge in [-0.3, -0.25) is 4.79 Å². The predicted octanol–water partition coefficient (Wildman–Crippen LogP) is 3.83. The van der Waals surface area contributed by atoms with E-state index in [-0.39, 0.29) is 12.5 Å². The lowest BCUT2D eigenvalue weighted by Crippen LogP contribution is -2.29. The zero-order valence-corrected chi connectivity index (χ0v) is 13.0. The van der Waals surface area contributed by atoms with Crippen molar-refractivity contribution in [3.8, 4) is 0 Å².